The molecule has 1 heteroatoms. The highest BCUT2D eigenvalue weighted by Crippen LogP contribution is 2.40. The molecule has 1 aliphatic rings. The summed E-state index contributed by atoms with van der Waals surface area (Å²) in [6.45, 7) is 4.47. The third-order valence-electron chi connectivity index (χ3n) is 6.25. The van der Waals surface area contributed by atoms with E-state index in [1.807, 2.05) is 0 Å². The monoisotopic (exact) mass is 360 g/mol. The zero-order valence-corrected chi connectivity index (χ0v) is 16.0. The third-order valence-corrected chi connectivity index (χ3v) is 6.25. The molecule has 5 aromatic rings. The van der Waals surface area contributed by atoms with E-state index in [4.69, 9.17) is 4.42 Å². The molecule has 0 fully saturated rings. The van der Waals surface area contributed by atoms with Crippen molar-refractivity contribution in [3.05, 3.63) is 82.9 Å². The lowest BCUT2D eigenvalue weighted by molar-refractivity contribution is 0.673. The second-order valence-electron chi connectivity index (χ2n) is 7.78. The summed E-state index contributed by atoms with van der Waals surface area (Å²) in [5.74, 6) is 0. The molecule has 0 saturated heterocycles. The molecule has 0 N–H and O–H groups in total. The van der Waals surface area contributed by atoms with Crippen LogP contribution in [0.1, 0.15) is 28.7 Å². The molecule has 0 amide bonds. The van der Waals surface area contributed by atoms with Gasteiger partial charge in [-0.05, 0) is 76.9 Å². The highest BCUT2D eigenvalue weighted by molar-refractivity contribution is 6.18. The molecular weight excluding hydrogens is 340 g/mol. The normalized spacial score (nSPS) is 13.6. The van der Waals surface area contributed by atoms with E-state index in [1.165, 1.54) is 54.6 Å². The molecular formula is C27H20O. The minimum Gasteiger partial charge on any atom is -0.455 e. The average Bonchev–Trinajstić information content (AvgIpc) is 2.91. The summed E-state index contributed by atoms with van der Waals surface area (Å²) < 4.78 is 6.41. The van der Waals surface area contributed by atoms with Gasteiger partial charge in [-0.2, -0.15) is 0 Å². The van der Waals surface area contributed by atoms with Crippen LogP contribution in [0.5, 0.6) is 0 Å². The fourth-order valence-electron chi connectivity index (χ4n) is 4.74. The van der Waals surface area contributed by atoms with Crippen LogP contribution < -0.4 is 0 Å². The maximum absolute atomic E-state index is 6.41. The van der Waals surface area contributed by atoms with Crippen molar-refractivity contribution in [2.75, 3.05) is 0 Å². The van der Waals surface area contributed by atoms with Crippen LogP contribution in [0.2, 0.25) is 0 Å². The second-order valence-corrected chi connectivity index (χ2v) is 7.78. The number of hydrogen-bond donors (Lipinski definition) is 0. The molecule has 28 heavy (non-hydrogen) atoms. The van der Waals surface area contributed by atoms with E-state index in [2.05, 4.69) is 86.7 Å². The summed E-state index contributed by atoms with van der Waals surface area (Å²) in [7, 11) is 0. The Balaban J connectivity index is 1.80. The first kappa shape index (κ1) is 15.7. The molecule has 6 rings (SSSR count). The van der Waals surface area contributed by atoms with Gasteiger partial charge in [0.25, 0.3) is 0 Å². The van der Waals surface area contributed by atoms with Gasteiger partial charge in [0.2, 0.25) is 0 Å². The molecule has 0 radical (unpaired) electrons. The maximum Gasteiger partial charge on any atom is 0.143 e. The average molecular weight is 360 g/mol. The van der Waals surface area contributed by atoms with Gasteiger partial charge in [0.15, 0.2) is 0 Å². The predicted octanol–water partition coefficient (Wildman–Crippen LogP) is 7.94. The number of hydrogen-bond acceptors (Lipinski definition) is 1. The molecule has 0 bridgehead atoms. The van der Waals surface area contributed by atoms with Crippen molar-refractivity contribution in [2.45, 2.75) is 20.3 Å². The second kappa shape index (κ2) is 5.59. The molecule has 1 nitrogen and oxygen atoms in total. The third kappa shape index (κ3) is 2.02. The Kier molecular flexibility index (Phi) is 3.14. The van der Waals surface area contributed by atoms with E-state index in [1.54, 1.807) is 0 Å². The Morgan fingerprint density at radius 3 is 2.18 bits per heavy atom. The van der Waals surface area contributed by atoms with Crippen molar-refractivity contribution in [3.63, 3.8) is 0 Å². The summed E-state index contributed by atoms with van der Waals surface area (Å²) in [5.41, 5.74) is 7.30. The van der Waals surface area contributed by atoms with Crippen molar-refractivity contribution in [1.82, 2.24) is 0 Å². The number of benzene rings is 4. The van der Waals surface area contributed by atoms with Gasteiger partial charge in [-0.1, -0.05) is 54.6 Å². The summed E-state index contributed by atoms with van der Waals surface area (Å²) in [4.78, 5) is 0. The van der Waals surface area contributed by atoms with Crippen molar-refractivity contribution in [3.8, 4) is 0 Å². The molecule has 0 aliphatic heterocycles. The summed E-state index contributed by atoms with van der Waals surface area (Å²) >= 11 is 0. The molecule has 1 aliphatic carbocycles. The minimum atomic E-state index is 0.967. The quantitative estimate of drug-likeness (QED) is 0.273. The highest BCUT2D eigenvalue weighted by atomic mass is 16.3. The summed E-state index contributed by atoms with van der Waals surface area (Å²) in [6, 6.07) is 17.4. The smallest absolute Gasteiger partial charge is 0.143 e. The minimum absolute atomic E-state index is 0.967. The summed E-state index contributed by atoms with van der Waals surface area (Å²) in [5, 5.41) is 7.39. The van der Waals surface area contributed by atoms with Crippen LogP contribution in [-0.4, -0.2) is 0 Å². The van der Waals surface area contributed by atoms with Gasteiger partial charge >= 0.3 is 0 Å². The Hall–Kier alpha value is -3.32. The number of aryl methyl sites for hydroxylation is 2. The van der Waals surface area contributed by atoms with Crippen molar-refractivity contribution < 1.29 is 4.42 Å². The lowest BCUT2D eigenvalue weighted by atomic mass is 9.89. The Morgan fingerprint density at radius 1 is 0.679 bits per heavy atom. The number of allylic oxidation sites excluding steroid dienone is 2. The largest absolute Gasteiger partial charge is 0.455 e. The lowest BCUT2D eigenvalue weighted by Crippen LogP contribution is -1.94. The zero-order chi connectivity index (χ0) is 18.8. The van der Waals surface area contributed by atoms with Crippen LogP contribution in [-0.2, 0) is 0 Å². The van der Waals surface area contributed by atoms with Crippen LogP contribution >= 0.6 is 0 Å². The molecule has 1 heterocycles. The Morgan fingerprint density at radius 2 is 1.39 bits per heavy atom. The van der Waals surface area contributed by atoms with E-state index in [0.29, 0.717) is 0 Å². The summed E-state index contributed by atoms with van der Waals surface area (Å²) in [6.07, 6.45) is 10.0. The van der Waals surface area contributed by atoms with Crippen LogP contribution in [0.3, 0.4) is 0 Å². The van der Waals surface area contributed by atoms with Crippen LogP contribution in [0.25, 0.3) is 55.6 Å². The van der Waals surface area contributed by atoms with E-state index in [-0.39, 0.29) is 0 Å². The maximum atomic E-state index is 6.41. The fraction of sp³-hybridized carbons (Fsp3) is 0.111. The molecule has 0 spiro atoms. The van der Waals surface area contributed by atoms with Crippen LogP contribution in [0.15, 0.2) is 65.1 Å². The fourth-order valence-corrected chi connectivity index (χ4v) is 4.74. The zero-order valence-electron chi connectivity index (χ0n) is 16.0. The topological polar surface area (TPSA) is 13.1 Å². The standard InChI is InChI=1S/C27H20O/c1-16-19-9-4-3-5-10-20(19)17(2)24-15-26-25(14-23(16)24)22-13-12-18-8-6-7-11-21(18)27(22)28-26/h4-15H,3H2,1-2H3. The van der Waals surface area contributed by atoms with E-state index in [9.17, 15) is 0 Å². The predicted molar refractivity (Wildman–Crippen MR) is 121 cm³/mol. The first-order valence-corrected chi connectivity index (χ1v) is 9.86. The van der Waals surface area contributed by atoms with Gasteiger partial charge in [-0.15, -0.1) is 0 Å². The molecule has 0 saturated carbocycles. The Labute approximate surface area is 163 Å². The van der Waals surface area contributed by atoms with E-state index < -0.39 is 0 Å². The van der Waals surface area contributed by atoms with Gasteiger partial charge in [-0.25, -0.2) is 0 Å². The first-order chi connectivity index (χ1) is 13.7. The van der Waals surface area contributed by atoms with Crippen molar-refractivity contribution >= 4 is 55.6 Å². The Bertz CT molecular complexity index is 1490. The molecule has 0 atom stereocenters. The van der Waals surface area contributed by atoms with E-state index >= 15 is 0 Å². The SMILES string of the molecule is Cc1c2c(c(C)c3cc4c(cc13)oc1c3ccccc3ccc41)C=CCC=C2. The molecule has 134 valence electrons. The molecule has 4 aromatic carbocycles. The highest BCUT2D eigenvalue weighted by Gasteiger charge is 2.16. The van der Waals surface area contributed by atoms with Gasteiger partial charge in [0, 0.05) is 16.2 Å². The van der Waals surface area contributed by atoms with Crippen molar-refractivity contribution in [2.24, 2.45) is 0 Å². The van der Waals surface area contributed by atoms with Gasteiger partial charge in [0.05, 0.1) is 0 Å². The van der Waals surface area contributed by atoms with E-state index in [0.717, 1.165) is 17.6 Å². The van der Waals surface area contributed by atoms with Gasteiger partial charge < -0.3 is 4.42 Å². The first-order valence-electron chi connectivity index (χ1n) is 9.86. The molecule has 1 aromatic heterocycles. The number of fused-ring (bicyclic) bond motifs is 7. The van der Waals surface area contributed by atoms with Crippen LogP contribution in [0, 0.1) is 13.8 Å². The lowest BCUT2D eigenvalue weighted by Gasteiger charge is -2.14. The molecule has 0 unspecified atom stereocenters. The number of rotatable bonds is 0. The van der Waals surface area contributed by atoms with Crippen LogP contribution in [0.4, 0.5) is 0 Å². The van der Waals surface area contributed by atoms with Gasteiger partial charge in [0.1, 0.15) is 11.2 Å². The van der Waals surface area contributed by atoms with Crippen molar-refractivity contribution in [1.29, 1.82) is 0 Å². The number of furan rings is 1. The van der Waals surface area contributed by atoms with Gasteiger partial charge in [-0.3, -0.25) is 0 Å².